The highest BCUT2D eigenvalue weighted by molar-refractivity contribution is 14.0. The minimum Gasteiger partial charge on any atom is -0.357 e. The number of rotatable bonds is 8. The lowest BCUT2D eigenvalue weighted by molar-refractivity contribution is 0.0652. The maximum Gasteiger partial charge on any atom is 0.261 e. The average Bonchev–Trinajstić information content (AvgIpc) is 3.28. The maximum atomic E-state index is 12.3. The molecular weight excluding hydrogens is 487 g/mol. The molecule has 2 amide bonds. The number of nitrogens with one attached hydrogen (secondary N) is 2. The van der Waals surface area contributed by atoms with Gasteiger partial charge in [0.25, 0.3) is 11.8 Å². The number of hydrogen-bond donors (Lipinski definition) is 2. The fraction of sp³-hybridized carbons (Fsp3) is 0.350. The quantitative estimate of drug-likeness (QED) is 0.187. The monoisotopic (exact) mass is 512 g/mol. The Morgan fingerprint density at radius 3 is 2.39 bits per heavy atom. The van der Waals surface area contributed by atoms with E-state index in [2.05, 4.69) is 27.1 Å². The van der Waals surface area contributed by atoms with Crippen LogP contribution < -0.4 is 10.6 Å². The minimum absolute atomic E-state index is 0. The highest BCUT2D eigenvalue weighted by Gasteiger charge is 2.34. The topological polar surface area (TPSA) is 73.8 Å². The smallest absolute Gasteiger partial charge is 0.261 e. The van der Waals surface area contributed by atoms with Crippen LogP contribution in [0.1, 0.15) is 46.0 Å². The van der Waals surface area contributed by atoms with Gasteiger partial charge in [-0.3, -0.25) is 14.5 Å². The Bertz CT molecular complexity index is 788. The molecule has 0 radical (unpaired) electrons. The number of carbonyl (C=O) groups is 2. The van der Waals surface area contributed by atoms with E-state index in [1.165, 1.54) is 10.5 Å². The first-order valence-corrected chi connectivity index (χ1v) is 10.1. The number of aliphatic imine (C=N–C) groups is 1. The minimum atomic E-state index is -0.186. The lowest BCUT2D eigenvalue weighted by Crippen LogP contribution is -2.38. The third kappa shape index (κ3) is 5.54. The van der Waals surface area contributed by atoms with Crippen molar-refractivity contribution in [2.75, 3.05) is 19.6 Å². The molecule has 0 atom stereocenters. The molecule has 6 nitrogen and oxygen atoms in total. The number of unbranched alkanes of at least 4 members (excludes halogenated alkanes) is 1. The number of thiophene rings is 1. The highest BCUT2D eigenvalue weighted by Crippen LogP contribution is 2.22. The molecule has 2 aromatic rings. The largest absolute Gasteiger partial charge is 0.357 e. The Balaban J connectivity index is 0.00000280. The van der Waals surface area contributed by atoms with Crippen molar-refractivity contribution in [3.63, 3.8) is 0 Å². The number of carbonyl (C=O) groups excluding carboxylic acids is 2. The molecule has 8 heteroatoms. The average molecular weight is 512 g/mol. The van der Waals surface area contributed by atoms with Gasteiger partial charge < -0.3 is 10.6 Å². The van der Waals surface area contributed by atoms with Crippen LogP contribution in [0.15, 0.2) is 46.1 Å². The van der Waals surface area contributed by atoms with Gasteiger partial charge in [0, 0.05) is 19.6 Å². The number of imide groups is 1. The standard InChI is InChI=1S/C20H24N4O2S.HI/c1-2-21-20(23-13-15-9-12-27-14-15)22-10-5-6-11-24-18(25)16-7-3-4-8-17(16)19(24)26;/h3-4,7-9,12,14H,2,5-6,10-11,13H2,1H3,(H2,21,22,23);1H. The van der Waals surface area contributed by atoms with Gasteiger partial charge in [-0.25, -0.2) is 4.99 Å². The first-order valence-electron chi connectivity index (χ1n) is 9.19. The van der Waals surface area contributed by atoms with Crippen LogP contribution in [0.5, 0.6) is 0 Å². The van der Waals surface area contributed by atoms with Gasteiger partial charge in [-0.2, -0.15) is 11.3 Å². The Morgan fingerprint density at radius 1 is 1.07 bits per heavy atom. The Hall–Kier alpha value is -1.94. The van der Waals surface area contributed by atoms with Crippen LogP contribution in [-0.2, 0) is 6.54 Å². The molecule has 0 saturated heterocycles. The van der Waals surface area contributed by atoms with Gasteiger partial charge in [-0.05, 0) is 54.3 Å². The number of halogens is 1. The van der Waals surface area contributed by atoms with Crippen molar-refractivity contribution in [3.8, 4) is 0 Å². The number of benzene rings is 1. The fourth-order valence-electron chi connectivity index (χ4n) is 2.94. The fourth-order valence-corrected chi connectivity index (χ4v) is 3.60. The molecule has 0 bridgehead atoms. The van der Waals surface area contributed by atoms with Crippen LogP contribution >= 0.6 is 35.3 Å². The van der Waals surface area contributed by atoms with Crippen LogP contribution in [0.25, 0.3) is 0 Å². The molecule has 0 unspecified atom stereocenters. The number of hydrogen-bond acceptors (Lipinski definition) is 4. The molecule has 0 aliphatic carbocycles. The van der Waals surface area contributed by atoms with Crippen LogP contribution in [0, 0.1) is 0 Å². The van der Waals surface area contributed by atoms with Crippen molar-refractivity contribution in [2.45, 2.75) is 26.3 Å². The predicted molar refractivity (Wildman–Crippen MR) is 124 cm³/mol. The van der Waals surface area contributed by atoms with E-state index in [9.17, 15) is 9.59 Å². The zero-order chi connectivity index (χ0) is 19.1. The molecule has 2 N–H and O–H groups in total. The van der Waals surface area contributed by atoms with Crippen molar-refractivity contribution in [1.82, 2.24) is 15.5 Å². The molecule has 0 spiro atoms. The second kappa shape index (κ2) is 11.2. The Morgan fingerprint density at radius 2 is 1.79 bits per heavy atom. The van der Waals surface area contributed by atoms with E-state index < -0.39 is 0 Å². The molecule has 0 saturated carbocycles. The number of nitrogens with zero attached hydrogens (tertiary/aromatic N) is 2. The molecule has 3 rings (SSSR count). The van der Waals surface area contributed by atoms with Crippen molar-refractivity contribution in [3.05, 3.63) is 57.8 Å². The summed E-state index contributed by atoms with van der Waals surface area (Å²) >= 11 is 1.67. The van der Waals surface area contributed by atoms with Crippen LogP contribution in [-0.4, -0.2) is 42.3 Å². The summed E-state index contributed by atoms with van der Waals surface area (Å²) in [4.78, 5) is 30.6. The van der Waals surface area contributed by atoms with E-state index in [0.29, 0.717) is 24.2 Å². The van der Waals surface area contributed by atoms with Crippen molar-refractivity contribution >= 4 is 53.1 Å². The summed E-state index contributed by atoms with van der Waals surface area (Å²) < 4.78 is 0. The number of fused-ring (bicyclic) bond motifs is 1. The second-order valence-electron chi connectivity index (χ2n) is 6.27. The Kier molecular flexibility index (Phi) is 8.91. The van der Waals surface area contributed by atoms with E-state index in [4.69, 9.17) is 0 Å². The van der Waals surface area contributed by atoms with E-state index in [-0.39, 0.29) is 35.8 Å². The SMILES string of the molecule is CCNC(=NCc1ccsc1)NCCCCN1C(=O)c2ccccc2C1=O.I. The third-order valence-corrected chi connectivity index (χ3v) is 5.06. The molecule has 1 aromatic heterocycles. The summed E-state index contributed by atoms with van der Waals surface area (Å²) in [6, 6.07) is 9.07. The van der Waals surface area contributed by atoms with Crippen LogP contribution in [0.2, 0.25) is 0 Å². The summed E-state index contributed by atoms with van der Waals surface area (Å²) in [6.07, 6.45) is 1.60. The van der Waals surface area contributed by atoms with E-state index in [1.54, 1.807) is 35.6 Å². The molecule has 1 aromatic carbocycles. The van der Waals surface area contributed by atoms with Gasteiger partial charge in [0.15, 0.2) is 5.96 Å². The first-order chi connectivity index (χ1) is 13.2. The zero-order valence-corrected chi connectivity index (χ0v) is 19.0. The van der Waals surface area contributed by atoms with E-state index in [1.807, 2.05) is 12.3 Å². The molecule has 150 valence electrons. The lowest BCUT2D eigenvalue weighted by Gasteiger charge is -2.14. The lowest BCUT2D eigenvalue weighted by atomic mass is 10.1. The van der Waals surface area contributed by atoms with Gasteiger partial charge in [0.1, 0.15) is 0 Å². The number of amides is 2. The van der Waals surface area contributed by atoms with Crippen molar-refractivity contribution < 1.29 is 9.59 Å². The summed E-state index contributed by atoms with van der Waals surface area (Å²) in [5, 5.41) is 10.7. The molecule has 2 heterocycles. The molecule has 0 fully saturated rings. The van der Waals surface area contributed by atoms with Gasteiger partial charge in [0.05, 0.1) is 17.7 Å². The maximum absolute atomic E-state index is 12.3. The molecule has 1 aliphatic rings. The first kappa shape index (κ1) is 22.4. The van der Waals surface area contributed by atoms with Crippen LogP contribution in [0.3, 0.4) is 0 Å². The molecule has 28 heavy (non-hydrogen) atoms. The highest BCUT2D eigenvalue weighted by atomic mass is 127. The normalized spacial score (nSPS) is 13.3. The molecular formula is C20H25IN4O2S. The number of guanidine groups is 1. The summed E-state index contributed by atoms with van der Waals surface area (Å²) in [5.41, 5.74) is 2.22. The van der Waals surface area contributed by atoms with Crippen molar-refractivity contribution in [2.24, 2.45) is 4.99 Å². The van der Waals surface area contributed by atoms with E-state index >= 15 is 0 Å². The van der Waals surface area contributed by atoms with Gasteiger partial charge >= 0.3 is 0 Å². The Labute approximate surface area is 186 Å². The summed E-state index contributed by atoms with van der Waals surface area (Å²) in [5.74, 6) is 0.410. The van der Waals surface area contributed by atoms with Crippen molar-refractivity contribution in [1.29, 1.82) is 0 Å². The zero-order valence-electron chi connectivity index (χ0n) is 15.8. The van der Waals surface area contributed by atoms with Gasteiger partial charge in [-0.1, -0.05) is 12.1 Å². The predicted octanol–water partition coefficient (Wildman–Crippen LogP) is 3.50. The van der Waals surface area contributed by atoms with Gasteiger partial charge in [0.2, 0.25) is 0 Å². The second-order valence-corrected chi connectivity index (χ2v) is 7.05. The summed E-state index contributed by atoms with van der Waals surface area (Å²) in [7, 11) is 0. The van der Waals surface area contributed by atoms with Crippen LogP contribution in [0.4, 0.5) is 0 Å². The molecule has 1 aliphatic heterocycles. The van der Waals surface area contributed by atoms with E-state index in [0.717, 1.165) is 31.9 Å². The van der Waals surface area contributed by atoms with Gasteiger partial charge in [-0.15, -0.1) is 24.0 Å². The summed E-state index contributed by atoms with van der Waals surface area (Å²) in [6.45, 7) is 4.65. The third-order valence-electron chi connectivity index (χ3n) is 4.32.